The fourth-order valence-electron chi connectivity index (χ4n) is 3.51. The number of aryl methyl sites for hydroxylation is 4. The van der Waals surface area contributed by atoms with Gasteiger partial charge in [0.1, 0.15) is 11.6 Å². The minimum Gasteiger partial charge on any atom is -0.353 e. The van der Waals surface area contributed by atoms with Crippen LogP contribution in [0.15, 0.2) is 23.6 Å². The van der Waals surface area contributed by atoms with E-state index in [1.165, 1.54) is 11.3 Å². The van der Waals surface area contributed by atoms with E-state index in [0.717, 1.165) is 46.6 Å². The smallest absolute Gasteiger partial charge is 0.264 e. The Balaban J connectivity index is 1.50. The molecule has 0 atom stereocenters. The van der Waals surface area contributed by atoms with Gasteiger partial charge in [-0.25, -0.2) is 14.6 Å². The van der Waals surface area contributed by atoms with Gasteiger partial charge in [-0.15, -0.1) is 11.3 Å². The maximum atomic E-state index is 12.7. The second-order valence-electron chi connectivity index (χ2n) is 7.24. The standard InChI is InChI=1S/C20H24N6OS/c1-13-9-17(28-12-13)20(27)25-7-5-24(6-8-25)18-11-19(22-16(4)21-18)26-15(3)10-14(2)23-26/h9-12H,5-8H2,1-4H3. The molecule has 28 heavy (non-hydrogen) atoms. The normalized spacial score (nSPS) is 14.6. The molecule has 0 bridgehead atoms. The molecular weight excluding hydrogens is 372 g/mol. The van der Waals surface area contributed by atoms with E-state index in [9.17, 15) is 4.79 Å². The maximum absolute atomic E-state index is 12.7. The molecule has 4 rings (SSSR count). The van der Waals surface area contributed by atoms with E-state index in [-0.39, 0.29) is 5.91 Å². The van der Waals surface area contributed by atoms with Crippen molar-refractivity contribution in [1.29, 1.82) is 0 Å². The number of rotatable bonds is 3. The molecule has 0 spiro atoms. The number of anilines is 1. The molecule has 0 radical (unpaired) electrons. The van der Waals surface area contributed by atoms with Gasteiger partial charge in [-0.05, 0) is 50.8 Å². The van der Waals surface area contributed by atoms with Gasteiger partial charge >= 0.3 is 0 Å². The van der Waals surface area contributed by atoms with Gasteiger partial charge in [0.05, 0.1) is 10.6 Å². The van der Waals surface area contributed by atoms with Gasteiger partial charge in [-0.2, -0.15) is 5.10 Å². The van der Waals surface area contributed by atoms with Gasteiger partial charge in [-0.3, -0.25) is 4.79 Å². The van der Waals surface area contributed by atoms with Gasteiger partial charge < -0.3 is 9.80 Å². The molecule has 0 unspecified atom stereocenters. The summed E-state index contributed by atoms with van der Waals surface area (Å²) in [5, 5.41) is 6.56. The molecule has 0 aromatic carbocycles. The van der Waals surface area contributed by atoms with E-state index in [1.807, 2.05) is 60.9 Å². The summed E-state index contributed by atoms with van der Waals surface area (Å²) in [7, 11) is 0. The summed E-state index contributed by atoms with van der Waals surface area (Å²) in [5.41, 5.74) is 3.15. The van der Waals surface area contributed by atoms with Crippen LogP contribution in [0.5, 0.6) is 0 Å². The Hall–Kier alpha value is -2.74. The van der Waals surface area contributed by atoms with Crippen molar-refractivity contribution in [2.75, 3.05) is 31.1 Å². The minimum atomic E-state index is 0.125. The molecule has 1 saturated heterocycles. The van der Waals surface area contributed by atoms with Gasteiger partial charge in [0.15, 0.2) is 5.82 Å². The number of thiophene rings is 1. The number of piperazine rings is 1. The number of nitrogens with zero attached hydrogens (tertiary/aromatic N) is 6. The third-order valence-electron chi connectivity index (χ3n) is 4.87. The SMILES string of the molecule is Cc1csc(C(=O)N2CCN(c3cc(-n4nc(C)cc4C)nc(C)n3)CC2)c1. The molecule has 4 heterocycles. The van der Waals surface area contributed by atoms with E-state index < -0.39 is 0 Å². The van der Waals surface area contributed by atoms with Crippen LogP contribution in [0, 0.1) is 27.7 Å². The highest BCUT2D eigenvalue weighted by Crippen LogP contribution is 2.21. The number of amides is 1. The average Bonchev–Trinajstić information content (AvgIpc) is 3.25. The molecule has 0 saturated carbocycles. The van der Waals surface area contributed by atoms with Crippen LogP contribution in [-0.4, -0.2) is 56.7 Å². The largest absolute Gasteiger partial charge is 0.353 e. The summed E-state index contributed by atoms with van der Waals surface area (Å²) in [6.07, 6.45) is 0. The molecule has 0 aliphatic carbocycles. The van der Waals surface area contributed by atoms with Crippen LogP contribution in [0.4, 0.5) is 5.82 Å². The average molecular weight is 397 g/mol. The molecule has 1 aliphatic rings. The summed E-state index contributed by atoms with van der Waals surface area (Å²) in [4.78, 5) is 26.8. The molecule has 1 aliphatic heterocycles. The van der Waals surface area contributed by atoms with Crippen LogP contribution in [0.2, 0.25) is 0 Å². The Kier molecular flexibility index (Phi) is 4.89. The number of carbonyl (C=O) groups is 1. The van der Waals surface area contributed by atoms with E-state index in [2.05, 4.69) is 20.0 Å². The van der Waals surface area contributed by atoms with Crippen molar-refractivity contribution in [3.63, 3.8) is 0 Å². The Morgan fingerprint density at radius 2 is 1.68 bits per heavy atom. The van der Waals surface area contributed by atoms with E-state index in [0.29, 0.717) is 18.9 Å². The third kappa shape index (κ3) is 3.64. The molecule has 1 fully saturated rings. The highest BCUT2D eigenvalue weighted by molar-refractivity contribution is 7.12. The fourth-order valence-corrected chi connectivity index (χ4v) is 4.37. The highest BCUT2D eigenvalue weighted by atomic mass is 32.1. The maximum Gasteiger partial charge on any atom is 0.264 e. The van der Waals surface area contributed by atoms with Gasteiger partial charge in [0.2, 0.25) is 0 Å². The van der Waals surface area contributed by atoms with Crippen molar-refractivity contribution in [1.82, 2.24) is 24.6 Å². The Morgan fingerprint density at radius 3 is 2.29 bits per heavy atom. The van der Waals surface area contributed by atoms with Crippen molar-refractivity contribution in [2.45, 2.75) is 27.7 Å². The zero-order valence-electron chi connectivity index (χ0n) is 16.6. The predicted molar refractivity (Wildman–Crippen MR) is 111 cm³/mol. The summed E-state index contributed by atoms with van der Waals surface area (Å²) >= 11 is 1.52. The van der Waals surface area contributed by atoms with Crippen molar-refractivity contribution in [3.8, 4) is 5.82 Å². The Morgan fingerprint density at radius 1 is 0.964 bits per heavy atom. The molecule has 7 nitrogen and oxygen atoms in total. The van der Waals surface area contributed by atoms with Crippen LogP contribution in [-0.2, 0) is 0 Å². The Labute approximate surface area is 168 Å². The first-order valence-electron chi connectivity index (χ1n) is 9.39. The monoisotopic (exact) mass is 396 g/mol. The van der Waals surface area contributed by atoms with Gasteiger partial charge in [0, 0.05) is 37.9 Å². The number of aromatic nitrogens is 4. The summed E-state index contributed by atoms with van der Waals surface area (Å²) < 4.78 is 1.85. The summed E-state index contributed by atoms with van der Waals surface area (Å²) in [6, 6.07) is 5.98. The molecule has 3 aromatic heterocycles. The van der Waals surface area contributed by atoms with Crippen molar-refractivity contribution in [2.24, 2.45) is 0 Å². The lowest BCUT2D eigenvalue weighted by Crippen LogP contribution is -2.49. The summed E-state index contributed by atoms with van der Waals surface area (Å²) in [6.45, 7) is 10.8. The predicted octanol–water partition coefficient (Wildman–Crippen LogP) is 2.92. The van der Waals surface area contributed by atoms with Crippen LogP contribution >= 0.6 is 11.3 Å². The van der Waals surface area contributed by atoms with E-state index in [1.54, 1.807) is 0 Å². The van der Waals surface area contributed by atoms with Crippen molar-refractivity contribution >= 4 is 23.1 Å². The quantitative estimate of drug-likeness (QED) is 0.681. The van der Waals surface area contributed by atoms with Crippen molar-refractivity contribution < 1.29 is 4.79 Å². The molecule has 1 amide bonds. The summed E-state index contributed by atoms with van der Waals surface area (Å²) in [5.74, 6) is 2.50. The Bertz CT molecular complexity index is 1020. The van der Waals surface area contributed by atoms with Gasteiger partial charge in [-0.1, -0.05) is 0 Å². The first kappa shape index (κ1) is 18.6. The third-order valence-corrected chi connectivity index (χ3v) is 5.91. The molecular formula is C20H24N6OS. The lowest BCUT2D eigenvalue weighted by molar-refractivity contribution is 0.0751. The molecule has 3 aromatic rings. The number of carbonyl (C=O) groups excluding carboxylic acids is 1. The first-order chi connectivity index (χ1) is 13.4. The second kappa shape index (κ2) is 7.35. The highest BCUT2D eigenvalue weighted by Gasteiger charge is 2.24. The van der Waals surface area contributed by atoms with Crippen LogP contribution in [0.3, 0.4) is 0 Å². The lowest BCUT2D eigenvalue weighted by atomic mass is 10.2. The fraction of sp³-hybridized carbons (Fsp3) is 0.400. The molecule has 8 heteroatoms. The van der Waals surface area contributed by atoms with Crippen LogP contribution in [0.25, 0.3) is 5.82 Å². The minimum absolute atomic E-state index is 0.125. The van der Waals surface area contributed by atoms with Gasteiger partial charge in [0.25, 0.3) is 5.91 Å². The number of hydrogen-bond acceptors (Lipinski definition) is 6. The van der Waals surface area contributed by atoms with Crippen molar-refractivity contribution in [3.05, 3.63) is 51.2 Å². The molecule has 146 valence electrons. The topological polar surface area (TPSA) is 67.2 Å². The zero-order chi connectivity index (χ0) is 19.8. The van der Waals surface area contributed by atoms with Crippen LogP contribution < -0.4 is 4.90 Å². The number of hydrogen-bond donors (Lipinski definition) is 0. The molecule has 0 N–H and O–H groups in total. The first-order valence-corrected chi connectivity index (χ1v) is 10.3. The van der Waals surface area contributed by atoms with E-state index >= 15 is 0 Å². The van der Waals surface area contributed by atoms with Crippen LogP contribution in [0.1, 0.15) is 32.4 Å². The lowest BCUT2D eigenvalue weighted by Gasteiger charge is -2.35. The second-order valence-corrected chi connectivity index (χ2v) is 8.15. The zero-order valence-corrected chi connectivity index (χ0v) is 17.5. The van der Waals surface area contributed by atoms with E-state index in [4.69, 9.17) is 0 Å².